The van der Waals surface area contributed by atoms with Crippen molar-refractivity contribution in [3.63, 3.8) is 0 Å². The Balaban J connectivity index is 0.00000320. The van der Waals surface area contributed by atoms with Crippen LogP contribution in [0.3, 0.4) is 0 Å². The van der Waals surface area contributed by atoms with Crippen LogP contribution in [0.4, 0.5) is 0 Å². The van der Waals surface area contributed by atoms with E-state index in [0.29, 0.717) is 27.5 Å². The van der Waals surface area contributed by atoms with Gasteiger partial charge in [-0.05, 0) is 59.3 Å². The van der Waals surface area contributed by atoms with E-state index in [9.17, 15) is 27.7 Å². The molecule has 0 heterocycles. The van der Waals surface area contributed by atoms with Crippen LogP contribution in [0.25, 0.3) is 32.3 Å². The van der Waals surface area contributed by atoms with Crippen molar-refractivity contribution < 1.29 is 32.4 Å². The fraction of sp³-hybridized carbons (Fsp3) is 0.214. The Bertz CT molecular complexity index is 1730. The van der Waals surface area contributed by atoms with Gasteiger partial charge < -0.3 is 19.7 Å². The fourth-order valence-electron chi connectivity index (χ4n) is 4.92. The van der Waals surface area contributed by atoms with Crippen LogP contribution < -0.4 is 10.1 Å². The van der Waals surface area contributed by atoms with Gasteiger partial charge in [0.25, 0.3) is 5.91 Å². The van der Waals surface area contributed by atoms with Crippen molar-refractivity contribution in [1.82, 2.24) is 5.32 Å². The molecule has 1 atom stereocenters. The van der Waals surface area contributed by atoms with Crippen molar-refractivity contribution in [3.05, 3.63) is 71.3 Å². The van der Waals surface area contributed by atoms with Crippen molar-refractivity contribution >= 4 is 54.3 Å². The molecule has 1 aliphatic carbocycles. The first-order valence-electron chi connectivity index (χ1n) is 11.2. The van der Waals surface area contributed by atoms with Crippen LogP contribution in [0, 0.1) is 13.8 Å². The van der Waals surface area contributed by atoms with E-state index in [2.05, 4.69) is 5.32 Å². The second-order valence-corrected chi connectivity index (χ2v) is 10.3. The molecule has 1 aliphatic rings. The first-order valence-corrected chi connectivity index (χ1v) is 12.7. The second kappa shape index (κ2) is 9.49. The smallest absolute Gasteiger partial charge is 0.331 e. The zero-order valence-electron chi connectivity index (χ0n) is 19.5. The Hall–Kier alpha value is -3.95. The summed E-state index contributed by atoms with van der Waals surface area (Å²) >= 11 is 0. The summed E-state index contributed by atoms with van der Waals surface area (Å²) in [5.41, 5.74) is 1.75. The van der Waals surface area contributed by atoms with E-state index >= 15 is 0 Å². The van der Waals surface area contributed by atoms with Crippen LogP contribution in [0.15, 0.2) is 65.1 Å². The van der Waals surface area contributed by atoms with E-state index < -0.39 is 28.0 Å². The summed E-state index contributed by atoms with van der Waals surface area (Å²) in [6.45, 7) is 3.36. The van der Waals surface area contributed by atoms with Gasteiger partial charge in [-0.25, -0.2) is 13.2 Å². The van der Waals surface area contributed by atoms with Crippen LogP contribution in [0.1, 0.15) is 25.0 Å². The minimum Gasteiger partial charge on any atom is -0.744 e. The lowest BCUT2D eigenvalue weighted by Crippen LogP contribution is -2.38. The number of rotatable bonds is 6. The molecule has 9 heteroatoms. The van der Waals surface area contributed by atoms with Crippen molar-refractivity contribution in [1.29, 1.82) is 0 Å². The molecule has 0 aromatic heterocycles. The number of hydrogen-bond acceptors (Lipinski definition) is 6. The second-order valence-electron chi connectivity index (χ2n) is 8.96. The molecule has 0 fully saturated rings. The average molecular weight is 521 g/mol. The molecular formula is C28H26NO7S-. The van der Waals surface area contributed by atoms with E-state index in [0.717, 1.165) is 21.7 Å². The predicted molar refractivity (Wildman–Crippen MR) is 141 cm³/mol. The van der Waals surface area contributed by atoms with Gasteiger partial charge in [0.05, 0.1) is 10.9 Å². The van der Waals surface area contributed by atoms with E-state index in [4.69, 9.17) is 4.74 Å². The van der Waals surface area contributed by atoms with E-state index in [1.54, 1.807) is 31.2 Å². The van der Waals surface area contributed by atoms with Gasteiger partial charge in [-0.2, -0.15) is 0 Å². The Morgan fingerprint density at radius 2 is 1.62 bits per heavy atom. The standard InChI is InChI=1S/C27H23NO7S.CH4/c1-14-10-22(35-13-24(29)28-17-5-3-4-16(12-17)27(30)31)20-8-9-21-23(36(32,33)34)11-15(2)19-7-6-18(14)25(20)26(19)21;/h3-11,17H,12-13H2,1-2H3,(H,28,29)(H,30,31)(H,32,33,34);1H4/p-1. The molecule has 192 valence electrons. The van der Waals surface area contributed by atoms with Gasteiger partial charge in [0.2, 0.25) is 0 Å². The third-order valence-electron chi connectivity index (χ3n) is 6.57. The molecule has 0 spiro atoms. The van der Waals surface area contributed by atoms with Gasteiger partial charge in [0.15, 0.2) is 6.61 Å². The molecule has 4 aromatic carbocycles. The molecule has 1 amide bonds. The number of carboxylic acid groups (broad SMARTS) is 1. The van der Waals surface area contributed by atoms with Gasteiger partial charge in [0.1, 0.15) is 15.9 Å². The zero-order chi connectivity index (χ0) is 25.8. The summed E-state index contributed by atoms with van der Waals surface area (Å²) in [6.07, 6.45) is 5.00. The number of carboxylic acids is 1. The van der Waals surface area contributed by atoms with Crippen molar-refractivity contribution in [3.8, 4) is 5.75 Å². The van der Waals surface area contributed by atoms with Crippen LogP contribution in [0.5, 0.6) is 5.75 Å². The molecule has 5 rings (SSSR count). The van der Waals surface area contributed by atoms with Gasteiger partial charge in [-0.3, -0.25) is 4.79 Å². The molecule has 0 saturated heterocycles. The number of allylic oxidation sites excluding steroid dienone is 2. The first kappa shape index (κ1) is 26.1. The third kappa shape index (κ3) is 4.63. The predicted octanol–water partition coefficient (Wildman–Crippen LogP) is 4.58. The lowest BCUT2D eigenvalue weighted by molar-refractivity contribution is -0.133. The zero-order valence-corrected chi connectivity index (χ0v) is 20.3. The Morgan fingerprint density at radius 1 is 1.03 bits per heavy atom. The Kier molecular flexibility index (Phi) is 6.70. The molecule has 1 unspecified atom stereocenters. The van der Waals surface area contributed by atoms with Gasteiger partial charge in [-0.1, -0.05) is 43.9 Å². The maximum absolute atomic E-state index is 12.6. The minimum atomic E-state index is -4.70. The number of aliphatic carboxylic acids is 1. The fourth-order valence-corrected chi connectivity index (χ4v) is 5.68. The molecule has 0 aliphatic heterocycles. The highest BCUT2D eigenvalue weighted by atomic mass is 32.2. The molecule has 4 aromatic rings. The normalized spacial score (nSPS) is 15.5. The Labute approximate surface area is 214 Å². The summed E-state index contributed by atoms with van der Waals surface area (Å²) in [4.78, 5) is 23.5. The summed E-state index contributed by atoms with van der Waals surface area (Å²) in [6, 6.07) is 9.95. The van der Waals surface area contributed by atoms with E-state index in [1.807, 2.05) is 25.1 Å². The topological polar surface area (TPSA) is 133 Å². The van der Waals surface area contributed by atoms with Crippen LogP contribution in [-0.4, -0.2) is 42.6 Å². The number of carbonyl (C=O) groups excluding carboxylic acids is 1. The maximum Gasteiger partial charge on any atom is 0.331 e. The monoisotopic (exact) mass is 520 g/mol. The van der Waals surface area contributed by atoms with Gasteiger partial charge >= 0.3 is 5.97 Å². The van der Waals surface area contributed by atoms with Crippen molar-refractivity contribution in [2.24, 2.45) is 0 Å². The number of carbonyl (C=O) groups is 2. The highest BCUT2D eigenvalue weighted by molar-refractivity contribution is 7.86. The first-order chi connectivity index (χ1) is 17.0. The van der Waals surface area contributed by atoms with Crippen LogP contribution in [0.2, 0.25) is 0 Å². The summed E-state index contributed by atoms with van der Waals surface area (Å²) < 4.78 is 41.9. The molecule has 8 nitrogen and oxygen atoms in total. The SMILES string of the molecule is C.Cc1cc(OCC(=O)NC2C=CC=C(C(=O)O)C2)c2ccc3c(S(=O)(=O)[O-])cc(C)c4ccc1c2c43. The number of benzene rings is 4. The van der Waals surface area contributed by atoms with Crippen LogP contribution in [-0.2, 0) is 19.7 Å². The average Bonchev–Trinajstić information content (AvgIpc) is 2.82. The van der Waals surface area contributed by atoms with Gasteiger partial charge in [-0.15, -0.1) is 0 Å². The van der Waals surface area contributed by atoms with Crippen LogP contribution >= 0.6 is 0 Å². The lowest BCUT2D eigenvalue weighted by Gasteiger charge is -2.20. The molecule has 2 N–H and O–H groups in total. The number of hydrogen-bond donors (Lipinski definition) is 2. The number of nitrogens with one attached hydrogen (secondary N) is 1. The largest absolute Gasteiger partial charge is 0.744 e. The highest BCUT2D eigenvalue weighted by Gasteiger charge is 2.21. The molecule has 0 saturated carbocycles. The number of amides is 1. The molecule has 0 radical (unpaired) electrons. The molecule has 0 bridgehead atoms. The quantitative estimate of drug-likeness (QED) is 0.281. The lowest BCUT2D eigenvalue weighted by atomic mass is 9.90. The number of aryl methyl sites for hydroxylation is 2. The molecular weight excluding hydrogens is 494 g/mol. The minimum absolute atomic E-state index is 0. The molecule has 37 heavy (non-hydrogen) atoms. The van der Waals surface area contributed by atoms with Gasteiger partial charge in [0, 0.05) is 28.2 Å². The highest BCUT2D eigenvalue weighted by Crippen LogP contribution is 2.43. The van der Waals surface area contributed by atoms with E-state index in [-0.39, 0.29) is 30.9 Å². The van der Waals surface area contributed by atoms with E-state index in [1.165, 1.54) is 12.1 Å². The third-order valence-corrected chi connectivity index (χ3v) is 7.44. The van der Waals surface area contributed by atoms with Crippen molar-refractivity contribution in [2.45, 2.75) is 38.6 Å². The summed E-state index contributed by atoms with van der Waals surface area (Å²) in [5.74, 6) is -0.986. The maximum atomic E-state index is 12.6. The summed E-state index contributed by atoms with van der Waals surface area (Å²) in [5, 5.41) is 16.1. The van der Waals surface area contributed by atoms with Crippen molar-refractivity contribution in [2.75, 3.05) is 6.61 Å². The summed E-state index contributed by atoms with van der Waals surface area (Å²) in [7, 11) is -4.70. The Morgan fingerprint density at radius 3 is 2.27 bits per heavy atom. The number of ether oxygens (including phenoxy) is 1.